The molecule has 7 rings (SSSR count). The topological polar surface area (TPSA) is 45.4 Å². The van der Waals surface area contributed by atoms with Gasteiger partial charge in [0.15, 0.2) is 0 Å². The first-order chi connectivity index (χ1) is 21.7. The summed E-state index contributed by atoms with van der Waals surface area (Å²) in [6, 6.07) is 56.2. The highest BCUT2D eigenvalue weighted by Gasteiger charge is 2.17. The van der Waals surface area contributed by atoms with Crippen molar-refractivity contribution in [3.05, 3.63) is 169 Å². The fraction of sp³-hybridized carbons (Fsp3) is 0.0256. The third kappa shape index (κ3) is 5.46. The molecule has 5 heteroatoms. The first-order valence-electron chi connectivity index (χ1n) is 14.6. The van der Waals surface area contributed by atoms with E-state index >= 15 is 0 Å². The van der Waals surface area contributed by atoms with Crippen LogP contribution in [0.1, 0.15) is 5.56 Å². The molecule has 5 nitrogen and oxygen atoms in total. The predicted molar refractivity (Wildman–Crippen MR) is 179 cm³/mol. The first kappa shape index (κ1) is 26.9. The van der Waals surface area contributed by atoms with Gasteiger partial charge in [-0.3, -0.25) is 0 Å². The van der Waals surface area contributed by atoms with Gasteiger partial charge in [-0.2, -0.15) is 0 Å². The maximum Gasteiger partial charge on any atom is 0.248 e. The number of aryl methyl sites for hydroxylation is 1. The fourth-order valence-corrected chi connectivity index (χ4v) is 5.39. The van der Waals surface area contributed by atoms with Crippen molar-refractivity contribution in [3.8, 4) is 22.9 Å². The van der Waals surface area contributed by atoms with E-state index in [1.807, 2.05) is 61.5 Å². The number of benzene rings is 6. The largest absolute Gasteiger partial charge is 0.416 e. The molecule has 0 spiro atoms. The van der Waals surface area contributed by atoms with Crippen molar-refractivity contribution in [3.63, 3.8) is 0 Å². The first-order valence-corrected chi connectivity index (χ1v) is 14.6. The van der Waals surface area contributed by atoms with Gasteiger partial charge in [0.1, 0.15) is 0 Å². The van der Waals surface area contributed by atoms with Crippen molar-refractivity contribution in [2.45, 2.75) is 6.92 Å². The van der Waals surface area contributed by atoms with Gasteiger partial charge in [0.2, 0.25) is 11.8 Å². The molecule has 0 amide bonds. The summed E-state index contributed by atoms with van der Waals surface area (Å²) in [6.07, 6.45) is 0. The molecule has 0 radical (unpaired) electrons. The molecule has 0 atom stereocenters. The minimum absolute atomic E-state index is 0.493. The Labute approximate surface area is 257 Å². The van der Waals surface area contributed by atoms with E-state index in [0.717, 1.165) is 50.8 Å². The highest BCUT2D eigenvalue weighted by molar-refractivity contribution is 5.81. The Morgan fingerprint density at radius 2 is 0.750 bits per heavy atom. The Hall–Kier alpha value is -5.94. The average molecular weight is 571 g/mol. The van der Waals surface area contributed by atoms with Crippen molar-refractivity contribution in [2.75, 3.05) is 9.80 Å². The minimum atomic E-state index is 0.493. The van der Waals surface area contributed by atoms with Gasteiger partial charge < -0.3 is 14.2 Å². The molecule has 0 bridgehead atoms. The van der Waals surface area contributed by atoms with Crippen LogP contribution in [0.2, 0.25) is 0 Å². The van der Waals surface area contributed by atoms with Crippen LogP contribution in [-0.2, 0) is 0 Å². The van der Waals surface area contributed by atoms with Gasteiger partial charge in [0, 0.05) is 45.3 Å². The number of para-hydroxylation sites is 3. The molecule has 1 aromatic heterocycles. The SMILES string of the molecule is Cc1ccccc1-c1nnc(-c2ccc(N(c3ccccc3)c3ccc(N(c4ccccc4)c4ccccc4)cc3)cc2)o1. The summed E-state index contributed by atoms with van der Waals surface area (Å²) < 4.78 is 6.07. The molecule has 44 heavy (non-hydrogen) atoms. The summed E-state index contributed by atoms with van der Waals surface area (Å²) in [4.78, 5) is 4.51. The molecule has 0 N–H and O–H groups in total. The molecule has 0 saturated heterocycles. The summed E-state index contributed by atoms with van der Waals surface area (Å²) in [7, 11) is 0. The van der Waals surface area contributed by atoms with E-state index < -0.39 is 0 Å². The zero-order valence-corrected chi connectivity index (χ0v) is 24.3. The normalized spacial score (nSPS) is 10.8. The second-order valence-electron chi connectivity index (χ2n) is 10.5. The van der Waals surface area contributed by atoms with Gasteiger partial charge >= 0.3 is 0 Å². The smallest absolute Gasteiger partial charge is 0.248 e. The molecular weight excluding hydrogens is 540 g/mol. The second kappa shape index (κ2) is 12.1. The summed E-state index contributed by atoms with van der Waals surface area (Å²) >= 11 is 0. The molecule has 0 unspecified atom stereocenters. The van der Waals surface area contributed by atoms with Gasteiger partial charge in [-0.25, -0.2) is 0 Å². The van der Waals surface area contributed by atoms with Crippen LogP contribution in [0, 0.1) is 6.92 Å². The molecule has 212 valence electrons. The zero-order valence-electron chi connectivity index (χ0n) is 24.3. The number of hydrogen-bond acceptors (Lipinski definition) is 5. The number of rotatable bonds is 8. The Morgan fingerprint density at radius 3 is 1.20 bits per heavy atom. The highest BCUT2D eigenvalue weighted by Crippen LogP contribution is 2.39. The van der Waals surface area contributed by atoms with Crippen LogP contribution < -0.4 is 9.80 Å². The Kier molecular flexibility index (Phi) is 7.42. The molecule has 0 aliphatic heterocycles. The maximum absolute atomic E-state index is 6.07. The third-order valence-corrected chi connectivity index (χ3v) is 7.58. The van der Waals surface area contributed by atoms with E-state index in [4.69, 9.17) is 4.42 Å². The van der Waals surface area contributed by atoms with E-state index in [2.05, 4.69) is 129 Å². The Morgan fingerprint density at radius 1 is 0.386 bits per heavy atom. The minimum Gasteiger partial charge on any atom is -0.416 e. The standard InChI is InChI=1S/C39H30N4O/c1-29-13-11-12-20-37(29)39-41-40-38(44-39)30-21-23-34(24-22-30)43(33-18-9-4-10-19-33)36-27-25-35(26-28-36)42(31-14-5-2-6-15-31)32-16-7-3-8-17-32/h2-28H,1H3. The third-order valence-electron chi connectivity index (χ3n) is 7.58. The van der Waals surface area contributed by atoms with Crippen molar-refractivity contribution < 1.29 is 4.42 Å². The summed E-state index contributed by atoms with van der Waals surface area (Å²) in [5.74, 6) is 1.01. The predicted octanol–water partition coefficient (Wildman–Crippen LogP) is 10.7. The van der Waals surface area contributed by atoms with Crippen LogP contribution in [0.25, 0.3) is 22.9 Å². The number of hydrogen-bond donors (Lipinski definition) is 0. The monoisotopic (exact) mass is 570 g/mol. The van der Waals surface area contributed by atoms with Crippen LogP contribution in [0.4, 0.5) is 34.1 Å². The van der Waals surface area contributed by atoms with E-state index in [-0.39, 0.29) is 0 Å². The van der Waals surface area contributed by atoms with Gasteiger partial charge in [0.25, 0.3) is 0 Å². The lowest BCUT2D eigenvalue weighted by Gasteiger charge is -2.28. The van der Waals surface area contributed by atoms with Crippen molar-refractivity contribution in [1.29, 1.82) is 0 Å². The summed E-state index contributed by atoms with van der Waals surface area (Å²) in [5, 5.41) is 8.65. The molecule has 0 saturated carbocycles. The Balaban J connectivity index is 1.22. The van der Waals surface area contributed by atoms with Crippen LogP contribution in [-0.4, -0.2) is 10.2 Å². The van der Waals surface area contributed by atoms with Crippen molar-refractivity contribution >= 4 is 34.1 Å². The van der Waals surface area contributed by atoms with Crippen LogP contribution >= 0.6 is 0 Å². The van der Waals surface area contributed by atoms with E-state index in [1.165, 1.54) is 0 Å². The lowest BCUT2D eigenvalue weighted by molar-refractivity contribution is 0.584. The molecule has 0 aliphatic carbocycles. The van der Waals surface area contributed by atoms with Crippen LogP contribution in [0.5, 0.6) is 0 Å². The summed E-state index contributed by atoms with van der Waals surface area (Å²) in [6.45, 7) is 2.04. The van der Waals surface area contributed by atoms with Gasteiger partial charge in [-0.05, 0) is 103 Å². The van der Waals surface area contributed by atoms with E-state index in [9.17, 15) is 0 Å². The van der Waals surface area contributed by atoms with Crippen molar-refractivity contribution in [2.24, 2.45) is 0 Å². The molecule has 1 heterocycles. The summed E-state index contributed by atoms with van der Waals surface area (Å²) in [5.41, 5.74) is 9.33. The molecule has 0 aliphatic rings. The molecule has 0 fully saturated rings. The number of anilines is 6. The van der Waals surface area contributed by atoms with Gasteiger partial charge in [-0.15, -0.1) is 10.2 Å². The van der Waals surface area contributed by atoms with Crippen molar-refractivity contribution in [1.82, 2.24) is 10.2 Å². The van der Waals surface area contributed by atoms with E-state index in [0.29, 0.717) is 11.8 Å². The number of aromatic nitrogens is 2. The fourth-order valence-electron chi connectivity index (χ4n) is 5.39. The lowest BCUT2D eigenvalue weighted by Crippen LogP contribution is -2.12. The lowest BCUT2D eigenvalue weighted by atomic mass is 10.1. The molecule has 6 aromatic carbocycles. The van der Waals surface area contributed by atoms with E-state index in [1.54, 1.807) is 0 Å². The zero-order chi connectivity index (χ0) is 29.7. The Bertz CT molecular complexity index is 1910. The van der Waals surface area contributed by atoms with Gasteiger partial charge in [-0.1, -0.05) is 72.8 Å². The molecule has 7 aromatic rings. The second-order valence-corrected chi connectivity index (χ2v) is 10.5. The van der Waals surface area contributed by atoms with Crippen LogP contribution in [0.3, 0.4) is 0 Å². The maximum atomic E-state index is 6.07. The average Bonchev–Trinajstić information content (AvgIpc) is 3.58. The number of nitrogens with zero attached hydrogens (tertiary/aromatic N) is 4. The van der Waals surface area contributed by atoms with Crippen LogP contribution in [0.15, 0.2) is 168 Å². The molecular formula is C39H30N4O. The quantitative estimate of drug-likeness (QED) is 0.182. The highest BCUT2D eigenvalue weighted by atomic mass is 16.4. The van der Waals surface area contributed by atoms with Gasteiger partial charge in [0.05, 0.1) is 0 Å².